The number of nitrogens with one attached hydrogen (secondary N) is 2. The van der Waals surface area contributed by atoms with Crippen LogP contribution in [0.2, 0.25) is 0 Å². The topological polar surface area (TPSA) is 87.5 Å². The molecule has 1 atom stereocenters. The number of amides is 1. The summed E-state index contributed by atoms with van der Waals surface area (Å²) < 4.78 is 2.04. The molecule has 0 bridgehead atoms. The van der Waals surface area contributed by atoms with Crippen molar-refractivity contribution < 1.29 is 4.79 Å². The van der Waals surface area contributed by atoms with Gasteiger partial charge < -0.3 is 15.5 Å². The number of carbonyl (C=O) groups excluding carboxylic acids is 1. The first-order valence-corrected chi connectivity index (χ1v) is 16.2. The van der Waals surface area contributed by atoms with E-state index in [-0.39, 0.29) is 5.91 Å². The van der Waals surface area contributed by atoms with Crippen molar-refractivity contribution in [2.75, 3.05) is 23.7 Å². The van der Waals surface area contributed by atoms with Gasteiger partial charge in [-0.1, -0.05) is 36.4 Å². The summed E-state index contributed by atoms with van der Waals surface area (Å²) in [7, 11) is 0. The van der Waals surface area contributed by atoms with Crippen molar-refractivity contribution in [2.45, 2.75) is 38.6 Å². The molecule has 4 aromatic heterocycles. The number of likely N-dealkylation sites (tertiary alicyclic amines) is 1. The van der Waals surface area contributed by atoms with Crippen molar-refractivity contribution in [1.82, 2.24) is 24.3 Å². The molecule has 1 aliphatic rings. The summed E-state index contributed by atoms with van der Waals surface area (Å²) in [5.74, 6) is 1.03. The first-order valence-electron chi connectivity index (χ1n) is 15.3. The number of pyridine rings is 1. The van der Waals surface area contributed by atoms with E-state index in [1.165, 1.54) is 12.0 Å². The van der Waals surface area contributed by atoms with Crippen LogP contribution in [0.3, 0.4) is 0 Å². The molecule has 2 aromatic carbocycles. The number of nitrogens with zero attached hydrogens (tertiary/aromatic N) is 5. The average Bonchev–Trinajstić information content (AvgIpc) is 3.82. The monoisotopic (exact) mass is 613 g/mol. The fraction of sp³-hybridized carbons (Fsp3) is 0.222. The molecule has 9 heteroatoms. The van der Waals surface area contributed by atoms with Gasteiger partial charge in [0.2, 0.25) is 11.9 Å². The highest BCUT2D eigenvalue weighted by molar-refractivity contribution is 7.10. The van der Waals surface area contributed by atoms with Gasteiger partial charge in [0.05, 0.1) is 23.5 Å². The van der Waals surface area contributed by atoms with Crippen LogP contribution in [0, 0.1) is 0 Å². The number of hydrogen-bond donors (Lipinski definition) is 2. The molecule has 5 heterocycles. The quantitative estimate of drug-likeness (QED) is 0.174. The maximum atomic E-state index is 12.7. The SMILES string of the molecule is CC(C)N1CCC(c2ccc(Nc3nccc(-c4c(-c5cccc(NC(=O)Cc6cccs6)c5)nc5ccccn45)n3)cc2)C1. The molecule has 0 saturated carbocycles. The van der Waals surface area contributed by atoms with Crippen molar-refractivity contribution in [3.63, 3.8) is 0 Å². The van der Waals surface area contributed by atoms with Gasteiger partial charge in [0.25, 0.3) is 0 Å². The number of thiophene rings is 1. The van der Waals surface area contributed by atoms with E-state index in [4.69, 9.17) is 9.97 Å². The Kier molecular flexibility index (Phi) is 8.11. The summed E-state index contributed by atoms with van der Waals surface area (Å²) in [4.78, 5) is 30.7. The molecule has 6 aromatic rings. The van der Waals surface area contributed by atoms with Crippen molar-refractivity contribution in [3.8, 4) is 22.6 Å². The fourth-order valence-corrected chi connectivity index (χ4v) is 6.71. The molecule has 1 aliphatic heterocycles. The van der Waals surface area contributed by atoms with Gasteiger partial charge in [0.15, 0.2) is 0 Å². The number of rotatable bonds is 9. The van der Waals surface area contributed by atoms with Gasteiger partial charge in [-0.3, -0.25) is 9.20 Å². The number of aromatic nitrogens is 4. The van der Waals surface area contributed by atoms with E-state index in [0.717, 1.165) is 57.6 Å². The Balaban J connectivity index is 1.15. The maximum Gasteiger partial charge on any atom is 0.229 e. The molecule has 2 N–H and O–H groups in total. The molecule has 8 nitrogen and oxygen atoms in total. The Morgan fingerprint density at radius 2 is 1.87 bits per heavy atom. The third kappa shape index (κ3) is 6.36. The zero-order chi connectivity index (χ0) is 30.8. The maximum absolute atomic E-state index is 12.7. The van der Waals surface area contributed by atoms with Crippen LogP contribution in [0.1, 0.15) is 36.6 Å². The predicted molar refractivity (Wildman–Crippen MR) is 182 cm³/mol. The molecule has 1 saturated heterocycles. The van der Waals surface area contributed by atoms with Crippen molar-refractivity contribution in [1.29, 1.82) is 0 Å². The molecule has 1 fully saturated rings. The van der Waals surface area contributed by atoms with Gasteiger partial charge in [0, 0.05) is 46.8 Å². The molecule has 0 radical (unpaired) electrons. The number of benzene rings is 2. The molecule has 1 amide bonds. The lowest BCUT2D eigenvalue weighted by molar-refractivity contribution is -0.115. The van der Waals surface area contributed by atoms with E-state index in [9.17, 15) is 4.79 Å². The van der Waals surface area contributed by atoms with E-state index >= 15 is 0 Å². The van der Waals surface area contributed by atoms with Crippen molar-refractivity contribution in [3.05, 3.63) is 113 Å². The van der Waals surface area contributed by atoms with Gasteiger partial charge in [-0.25, -0.2) is 15.0 Å². The molecule has 0 aliphatic carbocycles. The van der Waals surface area contributed by atoms with E-state index in [1.807, 2.05) is 76.6 Å². The second-order valence-electron chi connectivity index (χ2n) is 11.7. The lowest BCUT2D eigenvalue weighted by Crippen LogP contribution is -2.27. The highest BCUT2D eigenvalue weighted by Crippen LogP contribution is 2.34. The van der Waals surface area contributed by atoms with E-state index in [2.05, 4.69) is 58.6 Å². The second kappa shape index (κ2) is 12.6. The normalized spacial score (nSPS) is 15.1. The summed E-state index contributed by atoms with van der Waals surface area (Å²) in [5.41, 5.74) is 7.10. The number of carbonyl (C=O) groups is 1. The van der Waals surface area contributed by atoms with Gasteiger partial charge in [-0.05, 0) is 92.2 Å². The lowest BCUT2D eigenvalue weighted by atomic mass is 9.98. The Labute approximate surface area is 266 Å². The van der Waals surface area contributed by atoms with E-state index in [0.29, 0.717) is 24.3 Å². The van der Waals surface area contributed by atoms with Crippen LogP contribution in [0.4, 0.5) is 17.3 Å². The number of anilines is 3. The van der Waals surface area contributed by atoms with E-state index < -0.39 is 0 Å². The van der Waals surface area contributed by atoms with Crippen LogP contribution >= 0.6 is 11.3 Å². The molecule has 45 heavy (non-hydrogen) atoms. The molecule has 0 spiro atoms. The summed E-state index contributed by atoms with van der Waals surface area (Å²) in [6.07, 6.45) is 5.30. The van der Waals surface area contributed by atoms with Gasteiger partial charge in [-0.2, -0.15) is 0 Å². The third-order valence-corrected chi connectivity index (χ3v) is 9.23. The molecule has 226 valence electrons. The lowest BCUT2D eigenvalue weighted by Gasteiger charge is -2.20. The first kappa shape index (κ1) is 28.9. The number of imidazole rings is 1. The third-order valence-electron chi connectivity index (χ3n) is 8.35. The van der Waals surface area contributed by atoms with E-state index in [1.54, 1.807) is 17.5 Å². The highest BCUT2D eigenvalue weighted by atomic mass is 32.1. The number of fused-ring (bicyclic) bond motifs is 1. The zero-order valence-corrected chi connectivity index (χ0v) is 26.2. The number of hydrogen-bond acceptors (Lipinski definition) is 7. The zero-order valence-electron chi connectivity index (χ0n) is 25.4. The Morgan fingerprint density at radius 3 is 2.67 bits per heavy atom. The van der Waals surface area contributed by atoms with Crippen molar-refractivity contribution >= 4 is 40.2 Å². The van der Waals surface area contributed by atoms with Crippen LogP contribution in [0.5, 0.6) is 0 Å². The molecule has 7 rings (SSSR count). The predicted octanol–water partition coefficient (Wildman–Crippen LogP) is 7.64. The molecule has 1 unspecified atom stereocenters. The Hall–Kier alpha value is -4.86. The summed E-state index contributed by atoms with van der Waals surface area (Å²) in [6.45, 7) is 6.80. The van der Waals surface area contributed by atoms with Crippen LogP contribution in [-0.4, -0.2) is 49.3 Å². The second-order valence-corrected chi connectivity index (χ2v) is 12.7. The average molecular weight is 614 g/mol. The fourth-order valence-electron chi connectivity index (χ4n) is 6.01. The minimum absolute atomic E-state index is 0.0508. The van der Waals surface area contributed by atoms with Gasteiger partial charge in [-0.15, -0.1) is 11.3 Å². The standard InChI is InChI=1S/C36H35N7OS/c1-24(2)42-19-16-27(23-42)25-11-13-28(14-12-25)39-36-37-17-15-31(40-36)35-34(41-32-10-3-4-18-43(32)35)26-7-5-8-29(21-26)38-33(44)22-30-9-6-20-45-30/h3-15,17-18,20-21,24,27H,16,19,22-23H2,1-2H3,(H,38,44)(H,37,39,40). The minimum atomic E-state index is -0.0508. The van der Waals surface area contributed by atoms with Crippen LogP contribution < -0.4 is 10.6 Å². The van der Waals surface area contributed by atoms with Crippen LogP contribution in [-0.2, 0) is 11.2 Å². The first-order chi connectivity index (χ1) is 22.0. The Morgan fingerprint density at radius 1 is 0.978 bits per heavy atom. The van der Waals surface area contributed by atoms with Gasteiger partial charge >= 0.3 is 0 Å². The molecular formula is C36H35N7OS. The highest BCUT2D eigenvalue weighted by Gasteiger charge is 2.25. The smallest absolute Gasteiger partial charge is 0.229 e. The largest absolute Gasteiger partial charge is 0.326 e. The van der Waals surface area contributed by atoms with Crippen LogP contribution in [0.25, 0.3) is 28.3 Å². The summed E-state index contributed by atoms with van der Waals surface area (Å²) >= 11 is 1.58. The van der Waals surface area contributed by atoms with Crippen LogP contribution in [0.15, 0.2) is 103 Å². The van der Waals surface area contributed by atoms with Crippen molar-refractivity contribution in [2.24, 2.45) is 0 Å². The summed E-state index contributed by atoms with van der Waals surface area (Å²) in [6, 6.07) is 28.8. The Bertz CT molecular complexity index is 1930. The minimum Gasteiger partial charge on any atom is -0.326 e. The summed E-state index contributed by atoms with van der Waals surface area (Å²) in [5, 5.41) is 8.42. The molecular weight excluding hydrogens is 579 g/mol. The van der Waals surface area contributed by atoms with Gasteiger partial charge in [0.1, 0.15) is 5.65 Å².